The molecule has 8 nitrogen and oxygen atoms in total. The third-order valence-corrected chi connectivity index (χ3v) is 4.31. The number of methoxy groups -OCH3 is 2. The van der Waals surface area contributed by atoms with E-state index in [0.717, 1.165) is 10.6 Å². The van der Waals surface area contributed by atoms with Gasteiger partial charge in [0.2, 0.25) is 10.0 Å². The van der Waals surface area contributed by atoms with Crippen LogP contribution in [0.5, 0.6) is 0 Å². The number of amides is 1. The van der Waals surface area contributed by atoms with Crippen LogP contribution in [-0.4, -0.2) is 54.0 Å². The number of ether oxygens (including phenoxy) is 2. The van der Waals surface area contributed by atoms with Crippen molar-refractivity contribution in [2.45, 2.75) is 0 Å². The van der Waals surface area contributed by atoms with Crippen molar-refractivity contribution < 1.29 is 27.5 Å². The van der Waals surface area contributed by atoms with E-state index in [1.165, 1.54) is 32.4 Å². The maximum atomic E-state index is 12.0. The number of nitrogens with one attached hydrogen (secondary N) is 1. The zero-order valence-electron chi connectivity index (χ0n) is 12.8. The summed E-state index contributed by atoms with van der Waals surface area (Å²) in [4.78, 5) is 22.6. The van der Waals surface area contributed by atoms with Crippen molar-refractivity contribution in [3.05, 3.63) is 28.8 Å². The lowest BCUT2D eigenvalue weighted by atomic mass is 10.2. The van der Waals surface area contributed by atoms with E-state index in [0.29, 0.717) is 0 Å². The first-order valence-corrected chi connectivity index (χ1v) is 8.60. The van der Waals surface area contributed by atoms with Crippen molar-refractivity contribution in [2.24, 2.45) is 0 Å². The van der Waals surface area contributed by atoms with Gasteiger partial charge in [-0.15, -0.1) is 0 Å². The average molecular weight is 365 g/mol. The molecule has 0 saturated carbocycles. The molecule has 0 heterocycles. The van der Waals surface area contributed by atoms with Gasteiger partial charge in [0, 0.05) is 6.54 Å². The van der Waals surface area contributed by atoms with Crippen molar-refractivity contribution in [2.75, 3.05) is 37.9 Å². The van der Waals surface area contributed by atoms with Gasteiger partial charge in [-0.2, -0.15) is 0 Å². The van der Waals surface area contributed by atoms with E-state index in [-0.39, 0.29) is 29.4 Å². The lowest BCUT2D eigenvalue weighted by Crippen LogP contribution is -2.38. The van der Waals surface area contributed by atoms with Crippen LogP contribution < -0.4 is 9.62 Å². The Morgan fingerprint density at radius 2 is 1.91 bits per heavy atom. The molecule has 1 aromatic carbocycles. The number of carbonyl (C=O) groups is 2. The Morgan fingerprint density at radius 1 is 1.26 bits per heavy atom. The Morgan fingerprint density at radius 3 is 2.43 bits per heavy atom. The minimum Gasteiger partial charge on any atom is -0.465 e. The van der Waals surface area contributed by atoms with Gasteiger partial charge >= 0.3 is 12.1 Å². The second kappa shape index (κ2) is 8.02. The highest BCUT2D eigenvalue weighted by molar-refractivity contribution is 7.92. The minimum atomic E-state index is -3.69. The molecule has 0 atom stereocenters. The molecule has 0 radical (unpaired) electrons. The summed E-state index contributed by atoms with van der Waals surface area (Å²) >= 11 is 6.04. The monoisotopic (exact) mass is 364 g/mol. The van der Waals surface area contributed by atoms with Crippen LogP contribution in [0, 0.1) is 0 Å². The van der Waals surface area contributed by atoms with Gasteiger partial charge in [0.15, 0.2) is 0 Å². The van der Waals surface area contributed by atoms with E-state index < -0.39 is 22.1 Å². The third-order valence-electron chi connectivity index (χ3n) is 2.81. The highest BCUT2D eigenvalue weighted by Gasteiger charge is 2.21. The normalized spacial score (nSPS) is 10.8. The molecule has 0 spiro atoms. The van der Waals surface area contributed by atoms with E-state index in [9.17, 15) is 18.0 Å². The number of anilines is 1. The molecule has 10 heteroatoms. The van der Waals surface area contributed by atoms with Crippen LogP contribution in [0.3, 0.4) is 0 Å². The Hall–Kier alpha value is -2.00. The number of alkyl carbamates (subject to hydrolysis) is 1. The molecule has 0 aliphatic rings. The van der Waals surface area contributed by atoms with Crippen molar-refractivity contribution in [3.63, 3.8) is 0 Å². The summed E-state index contributed by atoms with van der Waals surface area (Å²) in [6.45, 7) is -0.0865. The third kappa shape index (κ3) is 5.29. The van der Waals surface area contributed by atoms with Crippen molar-refractivity contribution in [3.8, 4) is 0 Å². The first-order valence-electron chi connectivity index (χ1n) is 6.38. The maximum Gasteiger partial charge on any atom is 0.406 e. The number of hydrogen-bond acceptors (Lipinski definition) is 6. The molecule has 0 unspecified atom stereocenters. The van der Waals surface area contributed by atoms with E-state index in [4.69, 9.17) is 11.6 Å². The van der Waals surface area contributed by atoms with Crippen molar-refractivity contribution >= 4 is 39.4 Å². The molecule has 23 heavy (non-hydrogen) atoms. The Kier molecular flexibility index (Phi) is 6.64. The van der Waals surface area contributed by atoms with Gasteiger partial charge in [0.05, 0.1) is 43.3 Å². The summed E-state index contributed by atoms with van der Waals surface area (Å²) in [5, 5.41) is 2.51. The lowest BCUT2D eigenvalue weighted by molar-refractivity contribution is 0.0600. The van der Waals surface area contributed by atoms with Gasteiger partial charge in [-0.1, -0.05) is 11.6 Å². The second-order valence-electron chi connectivity index (χ2n) is 4.41. The highest BCUT2D eigenvalue weighted by Crippen LogP contribution is 2.29. The Balaban J connectivity index is 3.12. The second-order valence-corrected chi connectivity index (χ2v) is 6.73. The fraction of sp³-hybridized carbons (Fsp3) is 0.385. The molecule has 1 N–H and O–H groups in total. The number of esters is 1. The molecule has 1 amide bonds. The van der Waals surface area contributed by atoms with Gasteiger partial charge in [-0.05, 0) is 18.2 Å². The fourth-order valence-electron chi connectivity index (χ4n) is 1.75. The SMILES string of the molecule is COC(=O)NCCN(c1cc(C(=O)OC)ccc1Cl)S(C)(=O)=O. The fourth-order valence-corrected chi connectivity index (χ4v) is 2.95. The molecule has 1 aromatic rings. The van der Waals surface area contributed by atoms with Crippen LogP contribution >= 0.6 is 11.6 Å². The molecule has 128 valence electrons. The van der Waals surface area contributed by atoms with Gasteiger partial charge in [-0.25, -0.2) is 18.0 Å². The predicted octanol–water partition coefficient (Wildman–Crippen LogP) is 1.25. The number of halogens is 1. The maximum absolute atomic E-state index is 12.0. The quantitative estimate of drug-likeness (QED) is 0.762. The molecule has 0 fully saturated rings. The first kappa shape index (κ1) is 19.0. The van der Waals surface area contributed by atoms with Gasteiger partial charge < -0.3 is 14.8 Å². The summed E-state index contributed by atoms with van der Waals surface area (Å²) in [6, 6.07) is 4.13. The van der Waals surface area contributed by atoms with Crippen LogP contribution in [0.25, 0.3) is 0 Å². The average Bonchev–Trinajstić information content (AvgIpc) is 2.50. The largest absolute Gasteiger partial charge is 0.465 e. The van der Waals surface area contributed by atoms with Crippen LogP contribution in [0.15, 0.2) is 18.2 Å². The van der Waals surface area contributed by atoms with Gasteiger partial charge in [0.25, 0.3) is 0 Å². The van der Waals surface area contributed by atoms with Gasteiger partial charge in [-0.3, -0.25) is 4.31 Å². The van der Waals surface area contributed by atoms with E-state index in [1.807, 2.05) is 0 Å². The zero-order valence-corrected chi connectivity index (χ0v) is 14.4. The highest BCUT2D eigenvalue weighted by atomic mass is 35.5. The van der Waals surface area contributed by atoms with E-state index in [1.54, 1.807) is 0 Å². The number of rotatable bonds is 6. The zero-order chi connectivity index (χ0) is 17.6. The number of nitrogens with zero attached hydrogens (tertiary/aromatic N) is 1. The molecule has 0 aliphatic heterocycles. The number of sulfonamides is 1. The summed E-state index contributed by atoms with van der Waals surface area (Å²) in [5.74, 6) is -0.621. The smallest absolute Gasteiger partial charge is 0.406 e. The number of hydrogen-bond donors (Lipinski definition) is 1. The minimum absolute atomic E-state index is 0.00146. The predicted molar refractivity (Wildman–Crippen MR) is 85.4 cm³/mol. The van der Waals surface area contributed by atoms with E-state index in [2.05, 4.69) is 14.8 Å². The van der Waals surface area contributed by atoms with E-state index >= 15 is 0 Å². The molecule has 0 saturated heterocycles. The summed E-state index contributed by atoms with van der Waals surface area (Å²) in [7, 11) is -1.28. The van der Waals surface area contributed by atoms with Crippen LogP contribution in [-0.2, 0) is 19.5 Å². The van der Waals surface area contributed by atoms with Crippen LogP contribution in [0.4, 0.5) is 10.5 Å². The molecule has 1 rings (SSSR count). The van der Waals surface area contributed by atoms with Gasteiger partial charge in [0.1, 0.15) is 0 Å². The Bertz CT molecular complexity index is 692. The molecule has 0 aliphatic carbocycles. The molecular weight excluding hydrogens is 348 g/mol. The lowest BCUT2D eigenvalue weighted by Gasteiger charge is -2.24. The molecule has 0 aromatic heterocycles. The summed E-state index contributed by atoms with van der Waals surface area (Å²) in [5.41, 5.74) is 0.269. The summed E-state index contributed by atoms with van der Waals surface area (Å²) < 4.78 is 34.0. The first-order chi connectivity index (χ1) is 10.7. The van der Waals surface area contributed by atoms with Crippen molar-refractivity contribution in [1.82, 2.24) is 5.32 Å². The topological polar surface area (TPSA) is 102 Å². The molecular formula is C13H17ClN2O6S. The Labute approximate surface area is 139 Å². The summed E-state index contributed by atoms with van der Waals surface area (Å²) in [6.07, 6.45) is 0.305. The van der Waals surface area contributed by atoms with Crippen LogP contribution in [0.2, 0.25) is 5.02 Å². The number of carbonyl (C=O) groups excluding carboxylic acids is 2. The standard InChI is InChI=1S/C13H17ClN2O6S/c1-21-12(17)9-4-5-10(14)11(8-9)16(23(3,19)20)7-6-15-13(18)22-2/h4-5,8H,6-7H2,1-3H3,(H,15,18). The number of benzene rings is 1. The molecule has 0 bridgehead atoms. The van der Waals surface area contributed by atoms with Crippen molar-refractivity contribution in [1.29, 1.82) is 0 Å². The van der Waals surface area contributed by atoms with Crippen LogP contribution in [0.1, 0.15) is 10.4 Å².